The van der Waals surface area contributed by atoms with Crippen molar-refractivity contribution in [2.45, 2.75) is 39.3 Å². The van der Waals surface area contributed by atoms with Gasteiger partial charge in [-0.2, -0.15) is 0 Å². The van der Waals surface area contributed by atoms with Crippen molar-refractivity contribution in [1.29, 1.82) is 0 Å². The molecule has 0 spiro atoms. The summed E-state index contributed by atoms with van der Waals surface area (Å²) in [4.78, 5) is 10.8. The fourth-order valence-corrected chi connectivity index (χ4v) is 3.27. The van der Waals surface area contributed by atoms with Crippen LogP contribution in [0.4, 0.5) is 5.13 Å². The summed E-state index contributed by atoms with van der Waals surface area (Å²) >= 11 is 1.79. The van der Waals surface area contributed by atoms with Gasteiger partial charge < -0.3 is 5.32 Å². The van der Waals surface area contributed by atoms with Crippen LogP contribution in [-0.2, 0) is 6.54 Å². The van der Waals surface area contributed by atoms with Crippen LogP contribution in [0.15, 0.2) is 6.20 Å². The molecule has 2 rings (SSSR count). The first-order valence-electron chi connectivity index (χ1n) is 7.13. The molecule has 1 aliphatic heterocycles. The lowest BCUT2D eigenvalue weighted by Crippen LogP contribution is -2.57. The number of thiazole rings is 1. The van der Waals surface area contributed by atoms with Crippen molar-refractivity contribution in [2.75, 3.05) is 38.5 Å². The number of nitrogens with zero attached hydrogens (tertiary/aromatic N) is 3. The highest BCUT2D eigenvalue weighted by Crippen LogP contribution is 2.24. The van der Waals surface area contributed by atoms with Gasteiger partial charge in [0.15, 0.2) is 5.13 Å². The molecule has 0 saturated carbocycles. The van der Waals surface area contributed by atoms with Crippen molar-refractivity contribution in [2.24, 2.45) is 0 Å². The Bertz CT molecular complexity index is 402. The monoisotopic (exact) mass is 282 g/mol. The summed E-state index contributed by atoms with van der Waals surface area (Å²) in [6.45, 7) is 12.3. The molecule has 4 nitrogen and oxygen atoms in total. The lowest BCUT2D eigenvalue weighted by molar-refractivity contribution is 0.0365. The number of aromatic nitrogens is 1. The molecule has 0 aromatic carbocycles. The summed E-state index contributed by atoms with van der Waals surface area (Å²) in [7, 11) is 2.22. The molecule has 1 fully saturated rings. The van der Waals surface area contributed by atoms with Gasteiger partial charge in [0.2, 0.25) is 0 Å². The Morgan fingerprint density at radius 3 is 2.89 bits per heavy atom. The molecule has 108 valence electrons. The van der Waals surface area contributed by atoms with Crippen LogP contribution in [0.25, 0.3) is 0 Å². The van der Waals surface area contributed by atoms with Crippen molar-refractivity contribution < 1.29 is 0 Å². The van der Waals surface area contributed by atoms with Gasteiger partial charge >= 0.3 is 0 Å². The van der Waals surface area contributed by atoms with Crippen molar-refractivity contribution in [1.82, 2.24) is 14.8 Å². The van der Waals surface area contributed by atoms with E-state index >= 15 is 0 Å². The summed E-state index contributed by atoms with van der Waals surface area (Å²) in [6.07, 6.45) is 3.16. The number of hydrogen-bond donors (Lipinski definition) is 1. The Hall–Kier alpha value is -0.650. The molecule has 0 radical (unpaired) electrons. The Balaban J connectivity index is 1.89. The van der Waals surface area contributed by atoms with E-state index in [4.69, 9.17) is 0 Å². The predicted octanol–water partition coefficient (Wildman–Crippen LogP) is 2.49. The van der Waals surface area contributed by atoms with Gasteiger partial charge in [-0.05, 0) is 27.3 Å². The zero-order valence-corrected chi connectivity index (χ0v) is 13.4. The van der Waals surface area contributed by atoms with Gasteiger partial charge in [0.25, 0.3) is 0 Å². The molecule has 0 aliphatic carbocycles. The molecule has 0 bridgehead atoms. The van der Waals surface area contributed by atoms with Gasteiger partial charge in [0.1, 0.15) is 0 Å². The molecule has 0 unspecified atom stereocenters. The van der Waals surface area contributed by atoms with Crippen molar-refractivity contribution in [3.8, 4) is 0 Å². The second kappa shape index (κ2) is 6.20. The van der Waals surface area contributed by atoms with E-state index in [0.717, 1.165) is 44.3 Å². The Labute approximate surface area is 120 Å². The Morgan fingerprint density at radius 1 is 1.42 bits per heavy atom. The van der Waals surface area contributed by atoms with E-state index < -0.39 is 0 Å². The SMILES string of the molecule is CCCNc1ncc(CN2CCN(C)C(C)(C)C2)s1. The number of hydrogen-bond acceptors (Lipinski definition) is 5. The average Bonchev–Trinajstić information content (AvgIpc) is 2.78. The van der Waals surface area contributed by atoms with Gasteiger partial charge in [-0.3, -0.25) is 9.80 Å². The second-order valence-corrected chi connectivity index (χ2v) is 7.12. The molecule has 1 aromatic heterocycles. The van der Waals surface area contributed by atoms with Crippen LogP contribution < -0.4 is 5.32 Å². The molecule has 2 heterocycles. The van der Waals surface area contributed by atoms with Gasteiger partial charge in [-0.25, -0.2) is 4.98 Å². The number of piperazine rings is 1. The fourth-order valence-electron chi connectivity index (χ4n) is 2.39. The molecule has 0 amide bonds. The zero-order valence-electron chi connectivity index (χ0n) is 12.6. The molecule has 1 N–H and O–H groups in total. The Morgan fingerprint density at radius 2 is 2.21 bits per heavy atom. The number of likely N-dealkylation sites (N-methyl/N-ethyl adjacent to an activating group) is 1. The molecule has 1 aliphatic rings. The van der Waals surface area contributed by atoms with Crippen LogP contribution >= 0.6 is 11.3 Å². The van der Waals surface area contributed by atoms with Crippen LogP contribution in [0.1, 0.15) is 32.1 Å². The third kappa shape index (κ3) is 3.91. The quantitative estimate of drug-likeness (QED) is 0.899. The fraction of sp³-hybridized carbons (Fsp3) is 0.786. The van der Waals surface area contributed by atoms with Crippen molar-refractivity contribution in [3.05, 3.63) is 11.1 Å². The van der Waals surface area contributed by atoms with Gasteiger partial charge in [0, 0.05) is 49.3 Å². The minimum Gasteiger partial charge on any atom is -0.362 e. The maximum Gasteiger partial charge on any atom is 0.182 e. The summed E-state index contributed by atoms with van der Waals surface area (Å²) in [5, 5.41) is 4.42. The maximum absolute atomic E-state index is 4.44. The summed E-state index contributed by atoms with van der Waals surface area (Å²) < 4.78 is 0. The lowest BCUT2D eigenvalue weighted by Gasteiger charge is -2.45. The van der Waals surface area contributed by atoms with Crippen LogP contribution in [-0.4, -0.2) is 53.5 Å². The maximum atomic E-state index is 4.44. The van der Waals surface area contributed by atoms with E-state index in [9.17, 15) is 0 Å². The highest BCUT2D eigenvalue weighted by atomic mass is 32.1. The van der Waals surface area contributed by atoms with Crippen molar-refractivity contribution >= 4 is 16.5 Å². The second-order valence-electron chi connectivity index (χ2n) is 6.00. The summed E-state index contributed by atoms with van der Waals surface area (Å²) in [5.74, 6) is 0. The normalized spacial score (nSPS) is 20.6. The minimum atomic E-state index is 0.270. The van der Waals surface area contributed by atoms with Crippen molar-refractivity contribution in [3.63, 3.8) is 0 Å². The van der Waals surface area contributed by atoms with E-state index in [-0.39, 0.29) is 5.54 Å². The topological polar surface area (TPSA) is 31.4 Å². The number of anilines is 1. The third-order valence-electron chi connectivity index (χ3n) is 3.85. The zero-order chi connectivity index (χ0) is 13.9. The molecular formula is C14H26N4S. The standard InChI is InChI=1S/C14H26N4S/c1-5-6-15-13-16-9-12(19-13)10-18-8-7-17(4)14(2,3)11-18/h9H,5-8,10-11H2,1-4H3,(H,15,16). The van der Waals surface area contributed by atoms with E-state index in [1.807, 2.05) is 6.20 Å². The van der Waals surface area contributed by atoms with Crippen LogP contribution in [0, 0.1) is 0 Å². The van der Waals surface area contributed by atoms with Crippen LogP contribution in [0.3, 0.4) is 0 Å². The highest BCUT2D eigenvalue weighted by molar-refractivity contribution is 7.15. The number of nitrogens with one attached hydrogen (secondary N) is 1. The molecule has 19 heavy (non-hydrogen) atoms. The van der Waals surface area contributed by atoms with Gasteiger partial charge in [-0.1, -0.05) is 6.92 Å². The first-order chi connectivity index (χ1) is 9.01. The molecule has 1 saturated heterocycles. The Kier molecular flexibility index (Phi) is 4.81. The first-order valence-corrected chi connectivity index (χ1v) is 7.95. The molecular weight excluding hydrogens is 256 g/mol. The minimum absolute atomic E-state index is 0.270. The third-order valence-corrected chi connectivity index (χ3v) is 4.79. The molecule has 1 aromatic rings. The predicted molar refractivity (Wildman–Crippen MR) is 82.9 cm³/mol. The average molecular weight is 282 g/mol. The van der Waals surface area contributed by atoms with Crippen LogP contribution in [0.5, 0.6) is 0 Å². The summed E-state index contributed by atoms with van der Waals surface area (Å²) in [6, 6.07) is 0. The number of rotatable bonds is 5. The summed E-state index contributed by atoms with van der Waals surface area (Å²) in [5.41, 5.74) is 0.270. The molecule has 0 atom stereocenters. The van der Waals surface area contributed by atoms with Gasteiger partial charge in [0.05, 0.1) is 0 Å². The smallest absolute Gasteiger partial charge is 0.182 e. The van der Waals surface area contributed by atoms with Crippen LogP contribution in [0.2, 0.25) is 0 Å². The highest BCUT2D eigenvalue weighted by Gasteiger charge is 2.30. The van der Waals surface area contributed by atoms with E-state index in [2.05, 4.69) is 47.9 Å². The first kappa shape index (κ1) is 14.8. The molecule has 5 heteroatoms. The largest absolute Gasteiger partial charge is 0.362 e. The van der Waals surface area contributed by atoms with Gasteiger partial charge in [-0.15, -0.1) is 11.3 Å². The van der Waals surface area contributed by atoms with E-state index in [1.165, 1.54) is 4.88 Å². The van der Waals surface area contributed by atoms with E-state index in [1.54, 1.807) is 11.3 Å². The lowest BCUT2D eigenvalue weighted by atomic mass is 10.00. The van der Waals surface area contributed by atoms with E-state index in [0.29, 0.717) is 0 Å².